The van der Waals surface area contributed by atoms with E-state index in [1.807, 2.05) is 31.2 Å². The van der Waals surface area contributed by atoms with Gasteiger partial charge in [0.1, 0.15) is 6.61 Å². The van der Waals surface area contributed by atoms with Crippen molar-refractivity contribution < 1.29 is 14.6 Å². The maximum absolute atomic E-state index is 10.7. The van der Waals surface area contributed by atoms with E-state index in [2.05, 4.69) is 5.73 Å². The van der Waals surface area contributed by atoms with Crippen LogP contribution in [0.5, 0.6) is 0 Å². The normalized spacial score (nSPS) is 15.0. The molecule has 0 aromatic heterocycles. The van der Waals surface area contributed by atoms with E-state index in [1.54, 1.807) is 0 Å². The Morgan fingerprint density at radius 2 is 2.00 bits per heavy atom. The van der Waals surface area contributed by atoms with E-state index in [4.69, 9.17) is 9.84 Å². The predicted molar refractivity (Wildman–Crippen MR) is 56.6 cm³/mol. The molecule has 79 valence electrons. The first-order valence-electron chi connectivity index (χ1n) is 4.60. The van der Waals surface area contributed by atoms with Gasteiger partial charge in [-0.3, -0.25) is 4.79 Å². The third-order valence-corrected chi connectivity index (χ3v) is 1.75. The maximum Gasteiger partial charge on any atom is 0.308 e. The number of carbonyl (C=O) groups excluding carboxylic acids is 1. The van der Waals surface area contributed by atoms with Crippen LogP contribution in [0.2, 0.25) is 0 Å². The number of ether oxygens (including phenoxy) is 1. The van der Waals surface area contributed by atoms with Gasteiger partial charge in [-0.25, -0.2) is 0 Å². The zero-order chi connectivity index (χ0) is 11.3. The number of allylic oxidation sites excluding steroid dienone is 4. The molecule has 0 aliphatic heterocycles. The molecule has 0 unspecified atom stereocenters. The van der Waals surface area contributed by atoms with Crippen LogP contribution in [0.15, 0.2) is 41.4 Å². The second-order valence-corrected chi connectivity index (χ2v) is 3.17. The van der Waals surface area contributed by atoms with Gasteiger partial charge in [-0.2, -0.15) is 0 Å². The minimum absolute atomic E-state index is 0.131. The Balaban J connectivity index is 2.90. The number of rotatable bonds is 2. The number of aliphatic hydroxyl groups excluding tert-OH is 1. The molecule has 0 atom stereocenters. The summed E-state index contributed by atoms with van der Waals surface area (Å²) in [5, 5.41) is 8.91. The van der Waals surface area contributed by atoms with Crippen molar-refractivity contribution in [2.24, 2.45) is 0 Å². The first kappa shape index (κ1) is 11.5. The molecule has 0 bridgehead atoms. The maximum atomic E-state index is 10.7. The van der Waals surface area contributed by atoms with Crippen molar-refractivity contribution in [3.63, 3.8) is 0 Å². The smallest absolute Gasteiger partial charge is 0.308 e. The summed E-state index contributed by atoms with van der Waals surface area (Å²) in [5.41, 5.74) is 3.58. The molecule has 1 aliphatic rings. The standard InChI is InChI=1S/C12H13O3/c1-9-3-5-11(6-4-9)7-12(8-13)15-10(2)14/h3-6,13H,8H2,1-2H3. The topological polar surface area (TPSA) is 46.5 Å². The SMILES string of the molecule is C[C]1C=CC(=C=C(CO)OC(C)=O)C=C1. The van der Waals surface area contributed by atoms with Crippen molar-refractivity contribution in [2.45, 2.75) is 13.8 Å². The molecular formula is C12H13O3. The summed E-state index contributed by atoms with van der Waals surface area (Å²) < 4.78 is 4.75. The Morgan fingerprint density at radius 3 is 2.47 bits per heavy atom. The average molecular weight is 205 g/mol. The van der Waals surface area contributed by atoms with Crippen molar-refractivity contribution in [1.82, 2.24) is 0 Å². The van der Waals surface area contributed by atoms with Crippen LogP contribution in [-0.2, 0) is 9.53 Å². The van der Waals surface area contributed by atoms with Crippen LogP contribution in [0.3, 0.4) is 0 Å². The van der Waals surface area contributed by atoms with Crippen LogP contribution in [-0.4, -0.2) is 17.7 Å². The Labute approximate surface area is 89.1 Å². The molecule has 0 fully saturated rings. The lowest BCUT2D eigenvalue weighted by Gasteiger charge is -2.04. The molecule has 15 heavy (non-hydrogen) atoms. The molecule has 0 heterocycles. The summed E-state index contributed by atoms with van der Waals surface area (Å²) in [4.78, 5) is 10.7. The summed E-state index contributed by atoms with van der Waals surface area (Å²) in [6.07, 6.45) is 7.53. The zero-order valence-corrected chi connectivity index (χ0v) is 8.78. The quantitative estimate of drug-likeness (QED) is 0.424. The van der Waals surface area contributed by atoms with Crippen LogP contribution in [0.4, 0.5) is 0 Å². The van der Waals surface area contributed by atoms with Gasteiger partial charge in [-0.05, 0) is 0 Å². The van der Waals surface area contributed by atoms with Gasteiger partial charge in [0, 0.05) is 18.4 Å². The van der Waals surface area contributed by atoms with Crippen LogP contribution in [0.1, 0.15) is 13.8 Å². The number of aliphatic hydroxyl groups is 1. The number of carbonyl (C=O) groups is 1. The fraction of sp³-hybridized carbons (Fsp3) is 0.250. The number of esters is 1. The highest BCUT2D eigenvalue weighted by atomic mass is 16.5. The molecule has 0 saturated carbocycles. The summed E-state index contributed by atoms with van der Waals surface area (Å²) in [5.74, 6) is 0.809. The number of hydrogen-bond donors (Lipinski definition) is 1. The molecule has 0 amide bonds. The summed E-state index contributed by atoms with van der Waals surface area (Å²) in [7, 11) is 0. The first-order valence-corrected chi connectivity index (χ1v) is 4.60. The van der Waals surface area contributed by atoms with Crippen molar-refractivity contribution in [1.29, 1.82) is 0 Å². The third kappa shape index (κ3) is 3.98. The summed E-state index contributed by atoms with van der Waals surface area (Å²) >= 11 is 0. The lowest BCUT2D eigenvalue weighted by molar-refractivity contribution is -0.137. The molecule has 0 spiro atoms. The third-order valence-electron chi connectivity index (χ3n) is 1.75. The van der Waals surface area contributed by atoms with E-state index in [1.165, 1.54) is 6.92 Å². The molecule has 0 aromatic carbocycles. The molecule has 0 aromatic rings. The van der Waals surface area contributed by atoms with Gasteiger partial charge in [-0.15, -0.1) is 0 Å². The van der Waals surface area contributed by atoms with Crippen LogP contribution < -0.4 is 0 Å². The first-order chi connectivity index (χ1) is 7.11. The monoisotopic (exact) mass is 205 g/mol. The highest BCUT2D eigenvalue weighted by molar-refractivity contribution is 5.67. The number of hydrogen-bond acceptors (Lipinski definition) is 3. The van der Waals surface area contributed by atoms with Crippen LogP contribution in [0, 0.1) is 5.92 Å². The lowest BCUT2D eigenvalue weighted by Crippen LogP contribution is -2.01. The highest BCUT2D eigenvalue weighted by Crippen LogP contribution is 2.14. The van der Waals surface area contributed by atoms with E-state index < -0.39 is 5.97 Å². The fourth-order valence-electron chi connectivity index (χ4n) is 1.07. The average Bonchev–Trinajstić information content (AvgIpc) is 2.19. The molecule has 1 rings (SSSR count). The van der Waals surface area contributed by atoms with E-state index >= 15 is 0 Å². The summed E-state index contributed by atoms with van der Waals surface area (Å²) in [6.45, 7) is 2.92. The van der Waals surface area contributed by atoms with Crippen molar-refractivity contribution >= 4 is 5.97 Å². The minimum atomic E-state index is -0.460. The molecule has 3 heteroatoms. The second-order valence-electron chi connectivity index (χ2n) is 3.17. The van der Waals surface area contributed by atoms with Crippen LogP contribution >= 0.6 is 0 Å². The Hall–Kier alpha value is -1.57. The van der Waals surface area contributed by atoms with Gasteiger partial charge in [0.25, 0.3) is 0 Å². The van der Waals surface area contributed by atoms with Crippen molar-refractivity contribution in [3.05, 3.63) is 47.3 Å². The van der Waals surface area contributed by atoms with E-state index in [-0.39, 0.29) is 12.4 Å². The van der Waals surface area contributed by atoms with Gasteiger partial charge >= 0.3 is 5.97 Å². The van der Waals surface area contributed by atoms with Crippen LogP contribution in [0.25, 0.3) is 0 Å². The zero-order valence-electron chi connectivity index (χ0n) is 8.78. The van der Waals surface area contributed by atoms with Gasteiger partial charge < -0.3 is 9.84 Å². The van der Waals surface area contributed by atoms with E-state index in [0.717, 1.165) is 11.5 Å². The van der Waals surface area contributed by atoms with Gasteiger partial charge in [-0.1, -0.05) is 37.0 Å². The Morgan fingerprint density at radius 1 is 1.40 bits per heavy atom. The van der Waals surface area contributed by atoms with Gasteiger partial charge in [0.05, 0.1) is 0 Å². The predicted octanol–water partition coefficient (Wildman–Crippen LogP) is 1.67. The van der Waals surface area contributed by atoms with Crippen molar-refractivity contribution in [2.75, 3.05) is 6.61 Å². The highest BCUT2D eigenvalue weighted by Gasteiger charge is 2.02. The molecule has 1 aliphatic carbocycles. The molecule has 3 nitrogen and oxygen atoms in total. The summed E-state index contributed by atoms with van der Waals surface area (Å²) in [6, 6.07) is 0. The van der Waals surface area contributed by atoms with Gasteiger partial charge in [0.15, 0.2) is 5.76 Å². The van der Waals surface area contributed by atoms with E-state index in [0.29, 0.717) is 0 Å². The molecule has 1 radical (unpaired) electrons. The second kappa shape index (κ2) is 5.35. The Bertz CT molecular complexity index is 352. The molecular weight excluding hydrogens is 192 g/mol. The Kier molecular flexibility index (Phi) is 4.10. The molecule has 1 N–H and O–H groups in total. The van der Waals surface area contributed by atoms with E-state index in [9.17, 15) is 4.79 Å². The lowest BCUT2D eigenvalue weighted by atomic mass is 10.0. The molecule has 0 saturated heterocycles. The minimum Gasteiger partial charge on any atom is -0.420 e. The largest absolute Gasteiger partial charge is 0.420 e. The van der Waals surface area contributed by atoms with Gasteiger partial charge in [0.2, 0.25) is 0 Å². The van der Waals surface area contributed by atoms with Crippen molar-refractivity contribution in [3.8, 4) is 0 Å². The fourth-order valence-corrected chi connectivity index (χ4v) is 1.07.